The molecule has 0 aliphatic carbocycles. The summed E-state index contributed by atoms with van der Waals surface area (Å²) in [6.45, 7) is 6.05. The first-order chi connectivity index (χ1) is 13.2. The predicted molar refractivity (Wildman–Crippen MR) is 106 cm³/mol. The van der Waals surface area contributed by atoms with Gasteiger partial charge in [0, 0.05) is 44.2 Å². The van der Waals surface area contributed by atoms with Gasteiger partial charge in [0.15, 0.2) is 5.79 Å². The van der Waals surface area contributed by atoms with Crippen molar-refractivity contribution in [2.45, 2.75) is 38.4 Å². The number of nitrogens with one attached hydrogen (secondary N) is 1. The Morgan fingerprint density at radius 3 is 2.56 bits per heavy atom. The van der Waals surface area contributed by atoms with Crippen molar-refractivity contribution >= 4 is 11.8 Å². The molecule has 2 saturated heterocycles. The molecule has 6 heteroatoms. The lowest BCUT2D eigenvalue weighted by Gasteiger charge is -2.37. The van der Waals surface area contributed by atoms with Crippen LogP contribution in [0.25, 0.3) is 0 Å². The first-order valence-corrected chi connectivity index (χ1v) is 9.89. The highest BCUT2D eigenvalue weighted by atomic mass is 16.7. The van der Waals surface area contributed by atoms with Crippen LogP contribution in [-0.2, 0) is 15.9 Å². The molecule has 0 radical (unpaired) electrons. The first-order valence-electron chi connectivity index (χ1n) is 9.89. The summed E-state index contributed by atoms with van der Waals surface area (Å²) in [6, 6.07) is 12.6. The van der Waals surface area contributed by atoms with Crippen LogP contribution in [0.2, 0.25) is 0 Å². The molecule has 0 amide bonds. The van der Waals surface area contributed by atoms with E-state index in [1.807, 2.05) is 13.0 Å². The van der Waals surface area contributed by atoms with Gasteiger partial charge in [-0.25, -0.2) is 4.98 Å². The van der Waals surface area contributed by atoms with E-state index in [0.29, 0.717) is 13.2 Å². The van der Waals surface area contributed by atoms with E-state index in [4.69, 9.17) is 14.5 Å². The lowest BCUT2D eigenvalue weighted by molar-refractivity contribution is -0.169. The van der Waals surface area contributed by atoms with Gasteiger partial charge in [0.25, 0.3) is 0 Å². The van der Waals surface area contributed by atoms with E-state index in [1.165, 1.54) is 5.56 Å². The summed E-state index contributed by atoms with van der Waals surface area (Å²) >= 11 is 0. The summed E-state index contributed by atoms with van der Waals surface area (Å²) in [6.07, 6.45) is 3.87. The van der Waals surface area contributed by atoms with Crippen LogP contribution in [0.3, 0.4) is 0 Å². The normalized spacial score (nSPS) is 18.8. The molecule has 4 rings (SSSR count). The third-order valence-corrected chi connectivity index (χ3v) is 5.26. The molecule has 1 aromatic heterocycles. The number of hydrogen-bond donors (Lipinski definition) is 1. The molecular weight excluding hydrogens is 340 g/mol. The molecule has 2 aromatic rings. The van der Waals surface area contributed by atoms with Gasteiger partial charge < -0.3 is 19.7 Å². The van der Waals surface area contributed by atoms with Crippen LogP contribution >= 0.6 is 0 Å². The van der Waals surface area contributed by atoms with Crippen molar-refractivity contribution in [3.8, 4) is 0 Å². The smallest absolute Gasteiger partial charge is 0.227 e. The third kappa shape index (κ3) is 4.57. The zero-order valence-corrected chi connectivity index (χ0v) is 16.0. The minimum atomic E-state index is -0.362. The Balaban J connectivity index is 1.31. The monoisotopic (exact) mass is 368 g/mol. The van der Waals surface area contributed by atoms with Gasteiger partial charge in [-0.1, -0.05) is 30.3 Å². The van der Waals surface area contributed by atoms with Crippen LogP contribution in [0.1, 0.15) is 30.5 Å². The number of rotatable bonds is 6. The number of aryl methyl sites for hydroxylation is 2. The van der Waals surface area contributed by atoms with Crippen LogP contribution in [-0.4, -0.2) is 48.6 Å². The van der Waals surface area contributed by atoms with Crippen LogP contribution in [0, 0.1) is 6.92 Å². The summed E-state index contributed by atoms with van der Waals surface area (Å²) in [4.78, 5) is 11.6. The van der Waals surface area contributed by atoms with Crippen molar-refractivity contribution in [3.05, 3.63) is 47.7 Å². The van der Waals surface area contributed by atoms with Gasteiger partial charge in [0.05, 0.1) is 13.2 Å². The Morgan fingerprint density at radius 1 is 1.07 bits per heavy atom. The molecule has 0 unspecified atom stereocenters. The topological polar surface area (TPSA) is 59.5 Å². The van der Waals surface area contributed by atoms with Gasteiger partial charge in [0.2, 0.25) is 5.95 Å². The molecule has 6 nitrogen and oxygen atoms in total. The van der Waals surface area contributed by atoms with Crippen LogP contribution in [0.4, 0.5) is 11.8 Å². The highest BCUT2D eigenvalue weighted by Gasteiger charge is 2.40. The summed E-state index contributed by atoms with van der Waals surface area (Å²) in [5, 5.41) is 3.46. The predicted octanol–water partition coefficient (Wildman–Crippen LogP) is 3.17. The summed E-state index contributed by atoms with van der Waals surface area (Å²) < 4.78 is 11.6. The number of nitrogens with zero attached hydrogens (tertiary/aromatic N) is 3. The minimum absolute atomic E-state index is 0.362. The van der Waals surface area contributed by atoms with Crippen molar-refractivity contribution in [3.63, 3.8) is 0 Å². The summed E-state index contributed by atoms with van der Waals surface area (Å²) in [5.74, 6) is 1.34. The molecule has 2 fully saturated rings. The van der Waals surface area contributed by atoms with Crippen LogP contribution in [0.5, 0.6) is 0 Å². The Hall–Kier alpha value is -2.18. The molecule has 27 heavy (non-hydrogen) atoms. The second-order valence-electron chi connectivity index (χ2n) is 7.31. The zero-order chi connectivity index (χ0) is 18.5. The molecule has 2 aliphatic rings. The van der Waals surface area contributed by atoms with Crippen molar-refractivity contribution in [2.75, 3.05) is 43.1 Å². The number of piperidine rings is 1. The maximum atomic E-state index is 5.81. The summed E-state index contributed by atoms with van der Waals surface area (Å²) in [7, 11) is 0. The fraction of sp³-hybridized carbons (Fsp3) is 0.524. The fourth-order valence-corrected chi connectivity index (χ4v) is 3.77. The highest BCUT2D eigenvalue weighted by Crippen LogP contribution is 2.32. The average molecular weight is 368 g/mol. The largest absolute Gasteiger partial charge is 0.370 e. The highest BCUT2D eigenvalue weighted by molar-refractivity contribution is 5.44. The third-order valence-electron chi connectivity index (χ3n) is 5.26. The molecule has 0 saturated carbocycles. The zero-order valence-electron chi connectivity index (χ0n) is 16.0. The molecule has 144 valence electrons. The number of anilines is 2. The molecule has 1 aromatic carbocycles. The standard InChI is InChI=1S/C21H28N4O2/c1-17-16-19(22-11-5-8-18-6-3-2-4-7-18)24-20(23-17)25-12-9-21(10-13-25)26-14-15-27-21/h2-4,6-7,16H,5,8-15H2,1H3,(H,22,23,24). The minimum Gasteiger partial charge on any atom is -0.370 e. The number of ether oxygens (including phenoxy) is 2. The van der Waals surface area contributed by atoms with Gasteiger partial charge in [-0.05, 0) is 25.3 Å². The van der Waals surface area contributed by atoms with E-state index in [2.05, 4.69) is 45.5 Å². The first kappa shape index (κ1) is 18.2. The number of hydrogen-bond acceptors (Lipinski definition) is 6. The molecular formula is C21H28N4O2. The van der Waals surface area contributed by atoms with E-state index in [1.54, 1.807) is 0 Å². The van der Waals surface area contributed by atoms with E-state index in [9.17, 15) is 0 Å². The second kappa shape index (κ2) is 8.23. The quantitative estimate of drug-likeness (QED) is 0.791. The van der Waals surface area contributed by atoms with E-state index in [0.717, 1.165) is 62.8 Å². The van der Waals surface area contributed by atoms with Crippen molar-refractivity contribution < 1.29 is 9.47 Å². The van der Waals surface area contributed by atoms with Gasteiger partial charge in [0.1, 0.15) is 5.82 Å². The van der Waals surface area contributed by atoms with Crippen molar-refractivity contribution in [1.82, 2.24) is 9.97 Å². The van der Waals surface area contributed by atoms with Gasteiger partial charge in [-0.3, -0.25) is 0 Å². The van der Waals surface area contributed by atoms with Gasteiger partial charge in [-0.15, -0.1) is 0 Å². The van der Waals surface area contributed by atoms with E-state index < -0.39 is 0 Å². The lowest BCUT2D eigenvalue weighted by atomic mass is 10.0. The number of aromatic nitrogens is 2. The van der Waals surface area contributed by atoms with Crippen molar-refractivity contribution in [1.29, 1.82) is 0 Å². The average Bonchev–Trinajstić information content (AvgIpc) is 3.14. The molecule has 3 heterocycles. The Kier molecular flexibility index (Phi) is 5.55. The molecule has 1 N–H and O–H groups in total. The maximum Gasteiger partial charge on any atom is 0.227 e. The molecule has 1 spiro atoms. The van der Waals surface area contributed by atoms with Gasteiger partial charge in [-0.2, -0.15) is 4.98 Å². The maximum absolute atomic E-state index is 5.81. The van der Waals surface area contributed by atoms with E-state index in [-0.39, 0.29) is 5.79 Å². The molecule has 0 bridgehead atoms. The Bertz CT molecular complexity index is 737. The van der Waals surface area contributed by atoms with Gasteiger partial charge >= 0.3 is 0 Å². The number of benzene rings is 1. The summed E-state index contributed by atoms with van der Waals surface area (Å²) in [5.41, 5.74) is 2.36. The molecule has 2 aliphatic heterocycles. The lowest BCUT2D eigenvalue weighted by Crippen LogP contribution is -2.45. The Morgan fingerprint density at radius 2 is 1.81 bits per heavy atom. The van der Waals surface area contributed by atoms with Crippen molar-refractivity contribution in [2.24, 2.45) is 0 Å². The Labute approximate surface area is 160 Å². The van der Waals surface area contributed by atoms with E-state index >= 15 is 0 Å². The second-order valence-corrected chi connectivity index (χ2v) is 7.31. The SMILES string of the molecule is Cc1cc(NCCCc2ccccc2)nc(N2CCC3(CC2)OCCO3)n1. The van der Waals surface area contributed by atoms with Crippen LogP contribution < -0.4 is 10.2 Å². The molecule has 0 atom stereocenters. The van der Waals surface area contributed by atoms with Crippen LogP contribution in [0.15, 0.2) is 36.4 Å². The fourth-order valence-electron chi connectivity index (χ4n) is 3.77.